The topological polar surface area (TPSA) is 18.5 Å². The molecule has 0 N–H and O–H groups in total. The Morgan fingerprint density at radius 2 is 2.15 bits per heavy atom. The molecular formula is C11H13O2. The van der Waals surface area contributed by atoms with E-state index in [1.165, 1.54) is 0 Å². The zero-order valence-electron chi connectivity index (χ0n) is 7.91. The number of benzene rings is 1. The third-order valence-corrected chi connectivity index (χ3v) is 1.97. The number of rotatable bonds is 2. The first-order valence-electron chi connectivity index (χ1n) is 4.59. The summed E-state index contributed by atoms with van der Waals surface area (Å²) < 4.78 is 11.1. The molecule has 13 heavy (non-hydrogen) atoms. The molecule has 0 aromatic heterocycles. The van der Waals surface area contributed by atoms with Gasteiger partial charge in [0.2, 0.25) is 6.29 Å². The van der Waals surface area contributed by atoms with Crippen molar-refractivity contribution in [1.29, 1.82) is 0 Å². The summed E-state index contributed by atoms with van der Waals surface area (Å²) in [4.78, 5) is 0. The van der Waals surface area contributed by atoms with E-state index in [0.717, 1.165) is 17.9 Å². The van der Waals surface area contributed by atoms with Gasteiger partial charge in [-0.25, -0.2) is 0 Å². The van der Waals surface area contributed by atoms with Gasteiger partial charge in [0, 0.05) is 6.42 Å². The van der Waals surface area contributed by atoms with Crippen LogP contribution in [0.3, 0.4) is 0 Å². The highest BCUT2D eigenvalue weighted by atomic mass is 16.7. The lowest BCUT2D eigenvalue weighted by Crippen LogP contribution is -2.19. The fraction of sp³-hybridized carbons (Fsp3) is 0.455. The van der Waals surface area contributed by atoms with Crippen molar-refractivity contribution < 1.29 is 9.47 Å². The van der Waals surface area contributed by atoms with Crippen LogP contribution in [0.1, 0.15) is 20.3 Å². The molecule has 0 saturated heterocycles. The second-order valence-corrected chi connectivity index (χ2v) is 3.67. The maximum absolute atomic E-state index is 5.58. The first-order chi connectivity index (χ1) is 6.25. The average Bonchev–Trinajstić information content (AvgIpc) is 2.44. The van der Waals surface area contributed by atoms with Gasteiger partial charge < -0.3 is 9.47 Å². The van der Waals surface area contributed by atoms with E-state index < -0.39 is 0 Å². The Bertz CT molecular complexity index is 269. The SMILES string of the molecule is CC(C)CC1Oc2c[c]ccc2O1. The van der Waals surface area contributed by atoms with E-state index in [9.17, 15) is 0 Å². The molecule has 69 valence electrons. The zero-order valence-corrected chi connectivity index (χ0v) is 7.91. The van der Waals surface area contributed by atoms with Crippen molar-refractivity contribution in [3.63, 3.8) is 0 Å². The number of hydrogen-bond acceptors (Lipinski definition) is 2. The second-order valence-electron chi connectivity index (χ2n) is 3.67. The fourth-order valence-electron chi connectivity index (χ4n) is 1.38. The van der Waals surface area contributed by atoms with Crippen LogP contribution in [-0.2, 0) is 0 Å². The highest BCUT2D eigenvalue weighted by Gasteiger charge is 2.23. The van der Waals surface area contributed by atoms with Gasteiger partial charge >= 0.3 is 0 Å². The van der Waals surface area contributed by atoms with Gasteiger partial charge in [-0.2, -0.15) is 0 Å². The molecule has 2 nitrogen and oxygen atoms in total. The first kappa shape index (κ1) is 8.42. The summed E-state index contributed by atoms with van der Waals surface area (Å²) in [5.41, 5.74) is 0. The maximum Gasteiger partial charge on any atom is 0.241 e. The summed E-state index contributed by atoms with van der Waals surface area (Å²) in [7, 11) is 0. The van der Waals surface area contributed by atoms with E-state index >= 15 is 0 Å². The summed E-state index contributed by atoms with van der Waals surface area (Å²) >= 11 is 0. The van der Waals surface area contributed by atoms with Gasteiger partial charge in [-0.3, -0.25) is 0 Å². The minimum absolute atomic E-state index is 0.106. The van der Waals surface area contributed by atoms with Crippen LogP contribution in [0.15, 0.2) is 18.2 Å². The van der Waals surface area contributed by atoms with Crippen molar-refractivity contribution in [2.24, 2.45) is 5.92 Å². The molecule has 0 amide bonds. The predicted molar refractivity (Wildman–Crippen MR) is 49.8 cm³/mol. The van der Waals surface area contributed by atoms with Gasteiger partial charge in [0.15, 0.2) is 11.5 Å². The zero-order chi connectivity index (χ0) is 9.26. The summed E-state index contributed by atoms with van der Waals surface area (Å²) in [6, 6.07) is 8.49. The smallest absolute Gasteiger partial charge is 0.241 e. The van der Waals surface area contributed by atoms with Crippen molar-refractivity contribution in [2.45, 2.75) is 26.6 Å². The van der Waals surface area contributed by atoms with Crippen molar-refractivity contribution in [3.8, 4) is 11.5 Å². The second kappa shape index (κ2) is 3.29. The molecule has 1 aromatic carbocycles. The highest BCUT2D eigenvalue weighted by molar-refractivity contribution is 5.41. The molecule has 0 fully saturated rings. The van der Waals surface area contributed by atoms with Gasteiger partial charge in [0.1, 0.15) is 0 Å². The minimum Gasteiger partial charge on any atom is -0.451 e. The lowest BCUT2D eigenvalue weighted by molar-refractivity contribution is 0.0311. The molecule has 0 aliphatic carbocycles. The standard InChI is InChI=1S/C11H13O2/c1-8(2)7-11-12-9-5-3-4-6-10(9)13-11/h3,5-6,8,11H,7H2,1-2H3. The molecule has 1 unspecified atom stereocenters. The van der Waals surface area contributed by atoms with E-state index in [2.05, 4.69) is 19.9 Å². The van der Waals surface area contributed by atoms with E-state index in [-0.39, 0.29) is 6.29 Å². The van der Waals surface area contributed by atoms with Crippen LogP contribution in [0.25, 0.3) is 0 Å². The van der Waals surface area contributed by atoms with Crippen molar-refractivity contribution in [3.05, 3.63) is 24.3 Å². The third-order valence-electron chi connectivity index (χ3n) is 1.97. The average molecular weight is 177 g/mol. The van der Waals surface area contributed by atoms with Crippen LogP contribution in [0.4, 0.5) is 0 Å². The maximum atomic E-state index is 5.58. The quantitative estimate of drug-likeness (QED) is 0.691. The Morgan fingerprint density at radius 1 is 1.38 bits per heavy atom. The molecule has 1 aromatic rings. The minimum atomic E-state index is -0.106. The van der Waals surface area contributed by atoms with Crippen molar-refractivity contribution >= 4 is 0 Å². The van der Waals surface area contributed by atoms with Crippen LogP contribution in [-0.4, -0.2) is 6.29 Å². The molecule has 1 heterocycles. The van der Waals surface area contributed by atoms with Gasteiger partial charge in [-0.05, 0) is 24.1 Å². The van der Waals surface area contributed by atoms with Crippen LogP contribution in [0, 0.1) is 12.0 Å². The molecule has 0 bridgehead atoms. The van der Waals surface area contributed by atoms with Gasteiger partial charge in [0.05, 0.1) is 0 Å². The molecule has 0 spiro atoms. The normalized spacial score (nSPS) is 15.3. The Morgan fingerprint density at radius 3 is 2.85 bits per heavy atom. The van der Waals surface area contributed by atoms with Crippen molar-refractivity contribution in [1.82, 2.24) is 0 Å². The Kier molecular flexibility index (Phi) is 2.13. The summed E-state index contributed by atoms with van der Waals surface area (Å²) in [6.45, 7) is 4.31. The van der Waals surface area contributed by atoms with Gasteiger partial charge in [-0.1, -0.05) is 19.9 Å². The fourth-order valence-corrected chi connectivity index (χ4v) is 1.38. The molecule has 2 rings (SSSR count). The van der Waals surface area contributed by atoms with E-state index in [1.807, 2.05) is 18.2 Å². The lowest BCUT2D eigenvalue weighted by atomic mass is 10.1. The number of ether oxygens (including phenoxy) is 2. The monoisotopic (exact) mass is 177 g/mol. The van der Waals surface area contributed by atoms with E-state index in [4.69, 9.17) is 9.47 Å². The predicted octanol–water partition coefficient (Wildman–Crippen LogP) is 2.63. The molecule has 0 saturated carbocycles. The van der Waals surface area contributed by atoms with Gasteiger partial charge in [-0.15, -0.1) is 0 Å². The molecule has 1 atom stereocenters. The third kappa shape index (κ3) is 1.77. The summed E-state index contributed by atoms with van der Waals surface area (Å²) in [5, 5.41) is 0. The largest absolute Gasteiger partial charge is 0.451 e. The number of hydrogen-bond donors (Lipinski definition) is 0. The molecule has 1 aliphatic heterocycles. The summed E-state index contributed by atoms with van der Waals surface area (Å²) in [6.07, 6.45) is 0.820. The highest BCUT2D eigenvalue weighted by Crippen LogP contribution is 2.35. The molecule has 2 heteroatoms. The van der Waals surface area contributed by atoms with Gasteiger partial charge in [0.25, 0.3) is 0 Å². The van der Waals surface area contributed by atoms with Crippen LogP contribution in [0.5, 0.6) is 11.5 Å². The molecule has 1 aliphatic rings. The Balaban J connectivity index is 2.05. The molecule has 1 radical (unpaired) electrons. The van der Waals surface area contributed by atoms with E-state index in [0.29, 0.717) is 5.92 Å². The van der Waals surface area contributed by atoms with Crippen molar-refractivity contribution in [2.75, 3.05) is 0 Å². The molecular weight excluding hydrogens is 164 g/mol. The lowest BCUT2D eigenvalue weighted by Gasteiger charge is -2.11. The van der Waals surface area contributed by atoms with E-state index in [1.54, 1.807) is 0 Å². The number of fused-ring (bicyclic) bond motifs is 1. The first-order valence-corrected chi connectivity index (χ1v) is 4.59. The Hall–Kier alpha value is -1.18. The Labute approximate surface area is 78.5 Å². The summed E-state index contributed by atoms with van der Waals surface area (Å²) in [5.74, 6) is 2.24. The van der Waals surface area contributed by atoms with Crippen LogP contribution >= 0.6 is 0 Å². The van der Waals surface area contributed by atoms with Crippen LogP contribution in [0.2, 0.25) is 0 Å². The van der Waals surface area contributed by atoms with Crippen LogP contribution < -0.4 is 9.47 Å².